The van der Waals surface area contributed by atoms with Gasteiger partial charge in [0.25, 0.3) is 0 Å². The number of phenolic OH excluding ortho intramolecular Hbond substituents is 2. The van der Waals surface area contributed by atoms with Crippen molar-refractivity contribution in [3.8, 4) is 11.5 Å². The highest BCUT2D eigenvalue weighted by atomic mass is 35.5. The Labute approximate surface area is 161 Å². The minimum atomic E-state index is -0.0401. The van der Waals surface area contributed by atoms with Crippen molar-refractivity contribution >= 4 is 34.4 Å². The van der Waals surface area contributed by atoms with E-state index in [0.717, 1.165) is 16.6 Å². The van der Waals surface area contributed by atoms with Crippen molar-refractivity contribution in [1.82, 2.24) is 10.3 Å². The average Bonchev–Trinajstić information content (AvgIpc) is 2.66. The first-order chi connectivity index (χ1) is 13.1. The van der Waals surface area contributed by atoms with Gasteiger partial charge in [-0.2, -0.15) is 5.10 Å². The predicted octanol–water partition coefficient (Wildman–Crippen LogP) is 2.79. The van der Waals surface area contributed by atoms with Crippen molar-refractivity contribution < 1.29 is 10.2 Å². The molecular formula is C19H20ClN5O2. The second-order valence-electron chi connectivity index (χ2n) is 5.90. The molecule has 0 aliphatic rings. The SMILES string of the molecule is N/N=C/c1ccc(O)c(CNCCNc2ccnc3cc(Cl)ccc23)c1O. The Kier molecular flexibility index (Phi) is 5.95. The van der Waals surface area contributed by atoms with Crippen LogP contribution in [0.2, 0.25) is 5.02 Å². The first-order valence-corrected chi connectivity index (χ1v) is 8.74. The first-order valence-electron chi connectivity index (χ1n) is 8.36. The van der Waals surface area contributed by atoms with Crippen LogP contribution >= 0.6 is 11.6 Å². The van der Waals surface area contributed by atoms with Gasteiger partial charge in [-0.15, -0.1) is 0 Å². The van der Waals surface area contributed by atoms with Gasteiger partial charge in [-0.25, -0.2) is 0 Å². The maximum absolute atomic E-state index is 10.2. The molecule has 7 nitrogen and oxygen atoms in total. The Bertz CT molecular complexity index is 978. The number of anilines is 1. The zero-order valence-corrected chi connectivity index (χ0v) is 15.2. The van der Waals surface area contributed by atoms with E-state index in [4.69, 9.17) is 17.4 Å². The molecule has 0 fully saturated rings. The molecule has 0 aliphatic heterocycles. The molecule has 3 rings (SSSR count). The molecule has 1 aromatic heterocycles. The Morgan fingerprint density at radius 2 is 2.00 bits per heavy atom. The lowest BCUT2D eigenvalue weighted by atomic mass is 10.1. The minimum Gasteiger partial charge on any atom is -0.507 e. The molecule has 0 unspecified atom stereocenters. The van der Waals surface area contributed by atoms with E-state index in [1.807, 2.05) is 24.3 Å². The van der Waals surface area contributed by atoms with Crippen LogP contribution in [0.5, 0.6) is 11.5 Å². The van der Waals surface area contributed by atoms with Gasteiger partial charge in [0.05, 0.1) is 17.3 Å². The number of nitrogens with zero attached hydrogens (tertiary/aromatic N) is 2. The number of hydrazone groups is 1. The van der Waals surface area contributed by atoms with E-state index < -0.39 is 0 Å². The largest absolute Gasteiger partial charge is 0.507 e. The number of aromatic hydroxyl groups is 2. The van der Waals surface area contributed by atoms with E-state index >= 15 is 0 Å². The molecule has 140 valence electrons. The highest BCUT2D eigenvalue weighted by Crippen LogP contribution is 2.29. The number of nitrogens with one attached hydrogen (secondary N) is 2. The number of phenols is 2. The van der Waals surface area contributed by atoms with Crippen LogP contribution in [0.1, 0.15) is 11.1 Å². The molecule has 0 spiro atoms. The molecule has 3 aromatic rings. The summed E-state index contributed by atoms with van der Waals surface area (Å²) >= 11 is 6.00. The summed E-state index contributed by atoms with van der Waals surface area (Å²) in [6.45, 7) is 1.57. The van der Waals surface area contributed by atoms with Crippen molar-refractivity contribution in [3.63, 3.8) is 0 Å². The van der Waals surface area contributed by atoms with Crippen molar-refractivity contribution in [2.75, 3.05) is 18.4 Å². The summed E-state index contributed by atoms with van der Waals surface area (Å²) in [6.07, 6.45) is 3.07. The van der Waals surface area contributed by atoms with Gasteiger partial charge in [0, 0.05) is 47.5 Å². The topological polar surface area (TPSA) is 116 Å². The van der Waals surface area contributed by atoms with Crippen molar-refractivity contribution in [2.45, 2.75) is 6.54 Å². The second kappa shape index (κ2) is 8.57. The monoisotopic (exact) mass is 385 g/mol. The fourth-order valence-corrected chi connectivity index (χ4v) is 2.94. The number of nitrogens with two attached hydrogens (primary N) is 1. The third-order valence-electron chi connectivity index (χ3n) is 4.13. The summed E-state index contributed by atoms with van der Waals surface area (Å²) in [5.41, 5.74) is 2.64. The first kappa shape index (κ1) is 18.8. The number of rotatable bonds is 7. The zero-order valence-electron chi connectivity index (χ0n) is 14.5. The predicted molar refractivity (Wildman–Crippen MR) is 109 cm³/mol. The van der Waals surface area contributed by atoms with E-state index in [9.17, 15) is 10.2 Å². The van der Waals surface area contributed by atoms with Gasteiger partial charge < -0.3 is 26.7 Å². The Morgan fingerprint density at radius 1 is 1.15 bits per heavy atom. The lowest BCUT2D eigenvalue weighted by Gasteiger charge is -2.12. The van der Waals surface area contributed by atoms with Gasteiger partial charge in [0.2, 0.25) is 0 Å². The number of pyridine rings is 1. The lowest BCUT2D eigenvalue weighted by Crippen LogP contribution is -2.22. The molecule has 0 bridgehead atoms. The number of hydrogen-bond donors (Lipinski definition) is 5. The van der Waals surface area contributed by atoms with Crippen LogP contribution < -0.4 is 16.5 Å². The number of aromatic nitrogens is 1. The minimum absolute atomic E-state index is 0.0131. The van der Waals surface area contributed by atoms with Gasteiger partial charge in [-0.05, 0) is 36.4 Å². The number of fused-ring (bicyclic) bond motifs is 1. The van der Waals surface area contributed by atoms with Gasteiger partial charge in [-0.1, -0.05) is 11.6 Å². The van der Waals surface area contributed by atoms with E-state index in [1.54, 1.807) is 12.3 Å². The zero-order chi connectivity index (χ0) is 19.2. The Balaban J connectivity index is 1.58. The summed E-state index contributed by atoms with van der Waals surface area (Å²) in [7, 11) is 0. The highest BCUT2D eigenvalue weighted by molar-refractivity contribution is 6.31. The van der Waals surface area contributed by atoms with Gasteiger partial charge >= 0.3 is 0 Å². The Morgan fingerprint density at radius 3 is 2.81 bits per heavy atom. The molecule has 27 heavy (non-hydrogen) atoms. The number of halogens is 1. The van der Waals surface area contributed by atoms with Crippen LogP contribution in [-0.4, -0.2) is 34.5 Å². The third-order valence-corrected chi connectivity index (χ3v) is 4.36. The quantitative estimate of drug-likeness (QED) is 0.185. The second-order valence-corrected chi connectivity index (χ2v) is 6.34. The lowest BCUT2D eigenvalue weighted by molar-refractivity contribution is 0.433. The summed E-state index contributed by atoms with van der Waals surface area (Å²) in [5, 5.41) is 31.7. The van der Waals surface area contributed by atoms with Crippen LogP contribution in [0, 0.1) is 0 Å². The third kappa shape index (κ3) is 4.39. The van der Waals surface area contributed by atoms with Crippen molar-refractivity contribution in [3.05, 3.63) is 58.7 Å². The summed E-state index contributed by atoms with van der Waals surface area (Å²) in [4.78, 5) is 4.31. The van der Waals surface area contributed by atoms with E-state index in [2.05, 4.69) is 20.7 Å². The van der Waals surface area contributed by atoms with Crippen LogP contribution in [0.4, 0.5) is 5.69 Å². The van der Waals surface area contributed by atoms with E-state index in [0.29, 0.717) is 35.8 Å². The van der Waals surface area contributed by atoms with Crippen LogP contribution in [0.3, 0.4) is 0 Å². The highest BCUT2D eigenvalue weighted by Gasteiger charge is 2.11. The van der Waals surface area contributed by atoms with Gasteiger partial charge in [0.15, 0.2) is 0 Å². The molecule has 0 amide bonds. The maximum atomic E-state index is 10.2. The molecule has 1 heterocycles. The smallest absolute Gasteiger partial charge is 0.132 e. The summed E-state index contributed by atoms with van der Waals surface area (Å²) in [5.74, 6) is 5.09. The molecule has 0 saturated heterocycles. The fourth-order valence-electron chi connectivity index (χ4n) is 2.78. The summed E-state index contributed by atoms with van der Waals surface area (Å²) < 4.78 is 0. The molecule has 0 aliphatic carbocycles. The van der Waals surface area contributed by atoms with Gasteiger partial charge in [-0.3, -0.25) is 4.98 Å². The van der Waals surface area contributed by atoms with E-state index in [1.165, 1.54) is 12.3 Å². The van der Waals surface area contributed by atoms with Crippen molar-refractivity contribution in [2.24, 2.45) is 10.9 Å². The molecule has 6 N–H and O–H groups in total. The molecule has 8 heteroatoms. The Hall–Kier alpha value is -3.03. The van der Waals surface area contributed by atoms with Crippen LogP contribution in [0.15, 0.2) is 47.7 Å². The molecule has 0 saturated carbocycles. The summed E-state index contributed by atoms with van der Waals surface area (Å²) in [6, 6.07) is 10.5. The standard InChI is InChI=1S/C19H20ClN5O2/c20-13-2-3-14-16(5-6-23-17(14)9-13)24-8-7-22-11-15-18(26)4-1-12(10-25-21)19(15)27/h1-6,9-10,22,26-27H,7-8,11,21H2,(H,23,24)/b25-10+. The van der Waals surface area contributed by atoms with Crippen LogP contribution in [-0.2, 0) is 6.54 Å². The molecular weight excluding hydrogens is 366 g/mol. The fraction of sp³-hybridized carbons (Fsp3) is 0.158. The molecule has 2 aromatic carbocycles. The van der Waals surface area contributed by atoms with Crippen molar-refractivity contribution in [1.29, 1.82) is 0 Å². The average molecular weight is 386 g/mol. The number of benzene rings is 2. The number of hydrogen-bond acceptors (Lipinski definition) is 7. The van der Waals surface area contributed by atoms with Crippen LogP contribution in [0.25, 0.3) is 10.9 Å². The maximum Gasteiger partial charge on any atom is 0.132 e. The van der Waals surface area contributed by atoms with Gasteiger partial charge in [0.1, 0.15) is 11.5 Å². The molecule has 0 radical (unpaired) electrons. The molecule has 0 atom stereocenters. The normalized spacial score (nSPS) is 11.3. The van der Waals surface area contributed by atoms with E-state index in [-0.39, 0.29) is 11.5 Å².